The fourth-order valence-corrected chi connectivity index (χ4v) is 2.89. The smallest absolute Gasteiger partial charge is 0.0693 e. The second-order valence-corrected chi connectivity index (χ2v) is 5.08. The van der Waals surface area contributed by atoms with Crippen molar-refractivity contribution in [2.24, 2.45) is 0 Å². The maximum Gasteiger partial charge on any atom is 0.0693 e. The molecule has 0 amide bonds. The summed E-state index contributed by atoms with van der Waals surface area (Å²) in [5.41, 5.74) is 0. The van der Waals surface area contributed by atoms with E-state index in [0.717, 1.165) is 38.5 Å². The lowest BCUT2D eigenvalue weighted by molar-refractivity contribution is 0.0446. The van der Waals surface area contributed by atoms with Crippen LogP contribution in [0.1, 0.15) is 51.4 Å². The van der Waals surface area contributed by atoms with Crippen molar-refractivity contribution >= 4 is 0 Å². The van der Waals surface area contributed by atoms with Gasteiger partial charge in [-0.05, 0) is 25.7 Å². The van der Waals surface area contributed by atoms with Crippen molar-refractivity contribution in [1.82, 2.24) is 5.32 Å². The molecular formula is C12H23NO2. The molecule has 2 saturated carbocycles. The second-order valence-electron chi connectivity index (χ2n) is 5.08. The fraction of sp³-hybridized carbons (Fsp3) is 1.00. The summed E-state index contributed by atoms with van der Waals surface area (Å²) < 4.78 is 0. The van der Waals surface area contributed by atoms with Crippen LogP contribution in [0.5, 0.6) is 0 Å². The highest BCUT2D eigenvalue weighted by molar-refractivity contribution is 4.88. The molecule has 3 N–H and O–H groups in total. The van der Waals surface area contributed by atoms with Crippen LogP contribution in [0, 0.1) is 0 Å². The average molecular weight is 213 g/mol. The van der Waals surface area contributed by atoms with E-state index in [1.165, 1.54) is 12.8 Å². The molecule has 3 heteroatoms. The van der Waals surface area contributed by atoms with E-state index < -0.39 is 0 Å². The molecule has 0 aromatic rings. The van der Waals surface area contributed by atoms with Crippen LogP contribution in [-0.4, -0.2) is 34.5 Å². The van der Waals surface area contributed by atoms with E-state index in [9.17, 15) is 10.2 Å². The third kappa shape index (κ3) is 2.92. The summed E-state index contributed by atoms with van der Waals surface area (Å²) in [6.07, 6.45) is 8.25. The lowest BCUT2D eigenvalue weighted by atomic mass is 9.88. The zero-order chi connectivity index (χ0) is 10.7. The molecule has 0 heterocycles. The highest BCUT2D eigenvalue weighted by Gasteiger charge is 2.29. The fourth-order valence-electron chi connectivity index (χ4n) is 2.89. The summed E-state index contributed by atoms with van der Waals surface area (Å²) in [4.78, 5) is 0. The van der Waals surface area contributed by atoms with E-state index in [4.69, 9.17) is 0 Å². The number of nitrogens with one attached hydrogen (secondary N) is 1. The predicted octanol–water partition coefficient (Wildman–Crippen LogP) is 1.18. The molecule has 15 heavy (non-hydrogen) atoms. The number of rotatable bonds is 2. The summed E-state index contributed by atoms with van der Waals surface area (Å²) in [7, 11) is 0. The van der Waals surface area contributed by atoms with Crippen LogP contribution >= 0.6 is 0 Å². The minimum atomic E-state index is -0.201. The van der Waals surface area contributed by atoms with Crippen molar-refractivity contribution < 1.29 is 10.2 Å². The first kappa shape index (κ1) is 11.4. The molecule has 0 bridgehead atoms. The first-order valence-corrected chi connectivity index (χ1v) is 6.39. The average Bonchev–Trinajstić information content (AvgIpc) is 2.24. The molecule has 0 spiro atoms. The molecule has 0 aliphatic heterocycles. The van der Waals surface area contributed by atoms with Gasteiger partial charge in [-0.25, -0.2) is 0 Å². The van der Waals surface area contributed by atoms with Crippen LogP contribution in [0.3, 0.4) is 0 Å². The van der Waals surface area contributed by atoms with Gasteiger partial charge < -0.3 is 15.5 Å². The molecule has 0 aromatic carbocycles. The van der Waals surface area contributed by atoms with Gasteiger partial charge in [-0.3, -0.25) is 0 Å². The molecule has 0 radical (unpaired) electrons. The highest BCUT2D eigenvalue weighted by Crippen LogP contribution is 2.23. The predicted molar refractivity (Wildman–Crippen MR) is 59.7 cm³/mol. The Morgan fingerprint density at radius 3 is 1.47 bits per heavy atom. The minimum Gasteiger partial charge on any atom is -0.392 e. The molecule has 88 valence electrons. The standard InChI is InChI=1S/C12H23NO2/c14-11-7-3-1-5-9(11)13-10-6-2-4-8-12(10)15/h9-15H,1-8H2/t9-,10?,11-,12?/m0/s1. The molecule has 3 nitrogen and oxygen atoms in total. The zero-order valence-corrected chi connectivity index (χ0v) is 9.36. The van der Waals surface area contributed by atoms with E-state index in [0.29, 0.717) is 0 Å². The maximum atomic E-state index is 9.84. The van der Waals surface area contributed by atoms with Gasteiger partial charge in [-0.15, -0.1) is 0 Å². The van der Waals surface area contributed by atoms with Gasteiger partial charge >= 0.3 is 0 Å². The molecule has 0 aromatic heterocycles. The normalized spacial score (nSPS) is 42.8. The van der Waals surface area contributed by atoms with Crippen LogP contribution in [0.4, 0.5) is 0 Å². The van der Waals surface area contributed by atoms with Gasteiger partial charge in [-0.1, -0.05) is 25.7 Å². The van der Waals surface area contributed by atoms with E-state index in [1.54, 1.807) is 0 Å². The molecule has 2 aliphatic carbocycles. The summed E-state index contributed by atoms with van der Waals surface area (Å²) in [5, 5.41) is 23.1. The Kier molecular flexibility index (Phi) is 4.00. The van der Waals surface area contributed by atoms with Crippen molar-refractivity contribution in [2.45, 2.75) is 75.7 Å². The van der Waals surface area contributed by atoms with Gasteiger partial charge in [-0.2, -0.15) is 0 Å². The topological polar surface area (TPSA) is 52.5 Å². The Hall–Kier alpha value is -0.120. The first-order valence-electron chi connectivity index (χ1n) is 6.39. The Bertz CT molecular complexity index is 178. The molecular weight excluding hydrogens is 190 g/mol. The monoisotopic (exact) mass is 213 g/mol. The van der Waals surface area contributed by atoms with E-state index >= 15 is 0 Å². The van der Waals surface area contributed by atoms with Gasteiger partial charge in [0, 0.05) is 12.1 Å². The maximum absolute atomic E-state index is 9.84. The third-order valence-electron chi connectivity index (χ3n) is 3.89. The molecule has 2 rings (SSSR count). The zero-order valence-electron chi connectivity index (χ0n) is 9.36. The summed E-state index contributed by atoms with van der Waals surface area (Å²) in [5.74, 6) is 0. The Balaban J connectivity index is 1.83. The quantitative estimate of drug-likeness (QED) is 0.645. The van der Waals surface area contributed by atoms with Crippen LogP contribution in [0.15, 0.2) is 0 Å². The van der Waals surface area contributed by atoms with E-state index in [1.807, 2.05) is 0 Å². The van der Waals surface area contributed by atoms with Crippen LogP contribution in [0.25, 0.3) is 0 Å². The van der Waals surface area contributed by atoms with Crippen molar-refractivity contribution in [2.75, 3.05) is 0 Å². The third-order valence-corrected chi connectivity index (χ3v) is 3.89. The Morgan fingerprint density at radius 2 is 1.07 bits per heavy atom. The Morgan fingerprint density at radius 1 is 0.667 bits per heavy atom. The molecule has 4 atom stereocenters. The highest BCUT2D eigenvalue weighted by atomic mass is 16.3. The lowest BCUT2D eigenvalue weighted by Crippen LogP contribution is -2.52. The van der Waals surface area contributed by atoms with Gasteiger partial charge in [0.25, 0.3) is 0 Å². The Labute approximate surface area is 91.9 Å². The second kappa shape index (κ2) is 5.28. The molecule has 0 saturated heterocycles. The van der Waals surface area contributed by atoms with Crippen molar-refractivity contribution in [1.29, 1.82) is 0 Å². The van der Waals surface area contributed by atoms with Gasteiger partial charge in [0.05, 0.1) is 12.2 Å². The first-order chi connectivity index (χ1) is 7.27. The minimum absolute atomic E-state index is 0.201. The van der Waals surface area contributed by atoms with Crippen molar-refractivity contribution in [3.8, 4) is 0 Å². The largest absolute Gasteiger partial charge is 0.392 e. The van der Waals surface area contributed by atoms with E-state index in [-0.39, 0.29) is 24.3 Å². The van der Waals surface area contributed by atoms with Crippen LogP contribution in [-0.2, 0) is 0 Å². The number of hydrogen-bond acceptors (Lipinski definition) is 3. The van der Waals surface area contributed by atoms with Gasteiger partial charge in [0.2, 0.25) is 0 Å². The van der Waals surface area contributed by atoms with Crippen LogP contribution in [0.2, 0.25) is 0 Å². The molecule has 2 aliphatic rings. The summed E-state index contributed by atoms with van der Waals surface area (Å²) in [6, 6.07) is 0.438. The summed E-state index contributed by atoms with van der Waals surface area (Å²) in [6.45, 7) is 0. The number of aliphatic hydroxyl groups excluding tert-OH is 2. The number of hydrogen-bond donors (Lipinski definition) is 3. The summed E-state index contributed by atoms with van der Waals surface area (Å²) >= 11 is 0. The van der Waals surface area contributed by atoms with Gasteiger partial charge in [0.15, 0.2) is 0 Å². The van der Waals surface area contributed by atoms with Crippen LogP contribution < -0.4 is 5.32 Å². The number of aliphatic hydroxyl groups is 2. The van der Waals surface area contributed by atoms with Gasteiger partial charge in [0.1, 0.15) is 0 Å². The van der Waals surface area contributed by atoms with E-state index in [2.05, 4.69) is 5.32 Å². The molecule has 2 fully saturated rings. The van der Waals surface area contributed by atoms with Crippen molar-refractivity contribution in [3.05, 3.63) is 0 Å². The lowest BCUT2D eigenvalue weighted by Gasteiger charge is -2.36. The SMILES string of the molecule is OC1CCCCC1N[C@H]1CCCC[C@@H]1O. The molecule has 2 unspecified atom stereocenters. The van der Waals surface area contributed by atoms with Crippen molar-refractivity contribution in [3.63, 3.8) is 0 Å².